The number of carbonyl (C=O) groups excluding carboxylic acids is 1. The number of carboxylic acids is 1. The molecule has 7 heteroatoms. The van der Waals surface area contributed by atoms with E-state index >= 15 is 0 Å². The maximum absolute atomic E-state index is 11.5. The minimum Gasteiger partial charge on any atom is -0.479 e. The van der Waals surface area contributed by atoms with E-state index in [1.165, 1.54) is 7.11 Å². The van der Waals surface area contributed by atoms with Crippen LogP contribution in [-0.4, -0.2) is 62.5 Å². The van der Waals surface area contributed by atoms with Gasteiger partial charge in [0.15, 0.2) is 6.10 Å². The standard InChI is InChI=1S/C9H16N2O5/c1-15-7(9(13)14)4-11-8(12)6-5-16-3-2-10-6/h6-7,10H,2-5H2,1H3,(H,11,12)(H,13,14). The topological polar surface area (TPSA) is 96.9 Å². The molecule has 1 saturated heterocycles. The summed E-state index contributed by atoms with van der Waals surface area (Å²) in [5.41, 5.74) is 0. The number of methoxy groups -OCH3 is 1. The predicted molar refractivity (Wildman–Crippen MR) is 54.1 cm³/mol. The number of carbonyl (C=O) groups is 2. The lowest BCUT2D eigenvalue weighted by atomic mass is 10.2. The highest BCUT2D eigenvalue weighted by Gasteiger charge is 2.23. The smallest absolute Gasteiger partial charge is 0.334 e. The van der Waals surface area contributed by atoms with Crippen molar-refractivity contribution < 1.29 is 24.2 Å². The molecule has 1 aliphatic heterocycles. The molecule has 0 aromatic carbocycles. The number of aliphatic carboxylic acids is 1. The number of ether oxygens (including phenoxy) is 2. The number of morpholine rings is 1. The van der Waals surface area contributed by atoms with E-state index in [4.69, 9.17) is 9.84 Å². The van der Waals surface area contributed by atoms with Crippen LogP contribution in [0.1, 0.15) is 0 Å². The normalized spacial score (nSPS) is 22.4. The van der Waals surface area contributed by atoms with Gasteiger partial charge in [-0.15, -0.1) is 0 Å². The average molecular weight is 232 g/mol. The van der Waals surface area contributed by atoms with Gasteiger partial charge in [-0.1, -0.05) is 0 Å². The molecule has 92 valence electrons. The van der Waals surface area contributed by atoms with Crippen molar-refractivity contribution in [1.82, 2.24) is 10.6 Å². The van der Waals surface area contributed by atoms with Crippen LogP contribution in [0, 0.1) is 0 Å². The van der Waals surface area contributed by atoms with Crippen molar-refractivity contribution in [1.29, 1.82) is 0 Å². The molecule has 1 rings (SSSR count). The average Bonchev–Trinajstić information content (AvgIpc) is 2.30. The van der Waals surface area contributed by atoms with Gasteiger partial charge < -0.3 is 25.2 Å². The van der Waals surface area contributed by atoms with Gasteiger partial charge in [0.05, 0.1) is 19.8 Å². The van der Waals surface area contributed by atoms with E-state index in [-0.39, 0.29) is 12.5 Å². The van der Waals surface area contributed by atoms with Crippen LogP contribution in [0.5, 0.6) is 0 Å². The van der Waals surface area contributed by atoms with Crippen LogP contribution in [0.25, 0.3) is 0 Å². The first kappa shape index (κ1) is 12.9. The van der Waals surface area contributed by atoms with Crippen LogP contribution in [0.4, 0.5) is 0 Å². The van der Waals surface area contributed by atoms with Gasteiger partial charge in [0.2, 0.25) is 5.91 Å². The fraction of sp³-hybridized carbons (Fsp3) is 0.778. The van der Waals surface area contributed by atoms with Crippen LogP contribution in [0.3, 0.4) is 0 Å². The Morgan fingerprint density at radius 2 is 2.44 bits per heavy atom. The fourth-order valence-electron chi connectivity index (χ4n) is 1.32. The Bertz CT molecular complexity index is 252. The molecule has 16 heavy (non-hydrogen) atoms. The number of hydrogen-bond acceptors (Lipinski definition) is 5. The van der Waals surface area contributed by atoms with E-state index in [1.54, 1.807) is 0 Å². The molecule has 2 unspecified atom stereocenters. The molecule has 0 saturated carbocycles. The first-order valence-corrected chi connectivity index (χ1v) is 4.99. The fourth-order valence-corrected chi connectivity index (χ4v) is 1.32. The molecule has 1 fully saturated rings. The quantitative estimate of drug-likeness (QED) is 0.517. The Labute approximate surface area is 93.1 Å². The van der Waals surface area contributed by atoms with Crippen LogP contribution >= 0.6 is 0 Å². The molecule has 0 spiro atoms. The molecule has 3 N–H and O–H groups in total. The van der Waals surface area contributed by atoms with E-state index in [1.807, 2.05) is 0 Å². The van der Waals surface area contributed by atoms with Crippen LogP contribution in [0.15, 0.2) is 0 Å². The third kappa shape index (κ3) is 3.76. The first-order chi connectivity index (χ1) is 7.65. The molecule has 2 atom stereocenters. The summed E-state index contributed by atoms with van der Waals surface area (Å²) in [7, 11) is 1.28. The molecule has 7 nitrogen and oxygen atoms in total. The summed E-state index contributed by atoms with van der Waals surface area (Å²) in [5.74, 6) is -1.38. The Kier molecular flexibility index (Phi) is 5.17. The van der Waals surface area contributed by atoms with Crippen molar-refractivity contribution in [2.75, 3.05) is 33.4 Å². The minimum atomic E-state index is -1.10. The summed E-state index contributed by atoms with van der Waals surface area (Å²) >= 11 is 0. The van der Waals surface area contributed by atoms with E-state index in [0.29, 0.717) is 19.8 Å². The first-order valence-electron chi connectivity index (χ1n) is 4.99. The molecule has 0 aromatic rings. The van der Waals surface area contributed by atoms with Crippen LogP contribution in [-0.2, 0) is 19.1 Å². The molecule has 1 amide bonds. The largest absolute Gasteiger partial charge is 0.479 e. The number of amides is 1. The summed E-state index contributed by atoms with van der Waals surface area (Å²) in [5, 5.41) is 14.1. The Balaban J connectivity index is 2.30. The Hall–Kier alpha value is -1.18. The monoisotopic (exact) mass is 232 g/mol. The number of nitrogens with one attached hydrogen (secondary N) is 2. The van der Waals surface area contributed by atoms with Gasteiger partial charge in [-0.05, 0) is 0 Å². The number of carboxylic acid groups (broad SMARTS) is 1. The highest BCUT2D eigenvalue weighted by molar-refractivity contribution is 5.83. The third-order valence-corrected chi connectivity index (χ3v) is 2.26. The van der Waals surface area contributed by atoms with Crippen molar-refractivity contribution in [2.24, 2.45) is 0 Å². The maximum Gasteiger partial charge on any atom is 0.334 e. The molecule has 0 bridgehead atoms. The van der Waals surface area contributed by atoms with Crippen molar-refractivity contribution in [2.45, 2.75) is 12.1 Å². The number of hydrogen-bond donors (Lipinski definition) is 3. The zero-order valence-corrected chi connectivity index (χ0v) is 9.06. The highest BCUT2D eigenvalue weighted by Crippen LogP contribution is 1.94. The molecule has 0 radical (unpaired) electrons. The molecular weight excluding hydrogens is 216 g/mol. The third-order valence-electron chi connectivity index (χ3n) is 2.26. The van der Waals surface area contributed by atoms with Crippen LogP contribution < -0.4 is 10.6 Å². The second-order valence-electron chi connectivity index (χ2n) is 3.39. The van der Waals surface area contributed by atoms with E-state index in [0.717, 1.165) is 0 Å². The second kappa shape index (κ2) is 6.41. The van der Waals surface area contributed by atoms with Crippen molar-refractivity contribution >= 4 is 11.9 Å². The van der Waals surface area contributed by atoms with Crippen molar-refractivity contribution in [3.63, 3.8) is 0 Å². The van der Waals surface area contributed by atoms with Gasteiger partial charge in [0.25, 0.3) is 0 Å². The molecular formula is C9H16N2O5. The Morgan fingerprint density at radius 1 is 1.69 bits per heavy atom. The van der Waals surface area contributed by atoms with Gasteiger partial charge >= 0.3 is 5.97 Å². The summed E-state index contributed by atoms with van der Waals surface area (Å²) in [6.07, 6.45) is -1.02. The van der Waals surface area contributed by atoms with Gasteiger partial charge in [0.1, 0.15) is 6.04 Å². The lowest BCUT2D eigenvalue weighted by Gasteiger charge is -2.23. The summed E-state index contributed by atoms with van der Waals surface area (Å²) < 4.78 is 9.80. The van der Waals surface area contributed by atoms with E-state index < -0.39 is 18.1 Å². The minimum absolute atomic E-state index is 0.0527. The lowest BCUT2D eigenvalue weighted by Crippen LogP contribution is -2.52. The maximum atomic E-state index is 11.5. The molecule has 1 heterocycles. The Morgan fingerprint density at radius 3 is 2.94 bits per heavy atom. The highest BCUT2D eigenvalue weighted by atomic mass is 16.5. The zero-order valence-electron chi connectivity index (χ0n) is 9.06. The van der Waals surface area contributed by atoms with E-state index in [9.17, 15) is 9.59 Å². The van der Waals surface area contributed by atoms with E-state index in [2.05, 4.69) is 15.4 Å². The van der Waals surface area contributed by atoms with Crippen molar-refractivity contribution in [3.8, 4) is 0 Å². The summed E-state index contributed by atoms with van der Waals surface area (Å²) in [6.45, 7) is 1.45. The van der Waals surface area contributed by atoms with Gasteiger partial charge in [0, 0.05) is 13.7 Å². The second-order valence-corrected chi connectivity index (χ2v) is 3.39. The van der Waals surface area contributed by atoms with Crippen molar-refractivity contribution in [3.05, 3.63) is 0 Å². The van der Waals surface area contributed by atoms with Gasteiger partial charge in [-0.2, -0.15) is 0 Å². The van der Waals surface area contributed by atoms with Crippen LogP contribution in [0.2, 0.25) is 0 Å². The molecule has 0 aromatic heterocycles. The SMILES string of the molecule is COC(CNC(=O)C1COCCN1)C(=O)O. The number of rotatable bonds is 5. The predicted octanol–water partition coefficient (Wildman–Crippen LogP) is -1.81. The summed E-state index contributed by atoms with van der Waals surface area (Å²) in [6, 6.07) is -0.417. The summed E-state index contributed by atoms with van der Waals surface area (Å²) in [4.78, 5) is 22.1. The zero-order chi connectivity index (χ0) is 12.0. The van der Waals surface area contributed by atoms with Gasteiger partial charge in [-0.3, -0.25) is 4.79 Å². The molecule has 1 aliphatic rings. The van der Waals surface area contributed by atoms with Gasteiger partial charge in [-0.25, -0.2) is 4.79 Å². The molecule has 0 aliphatic carbocycles. The lowest BCUT2D eigenvalue weighted by molar-refractivity contribution is -0.148.